The Balaban J connectivity index is 2.40. The molecule has 0 saturated carbocycles. The molecule has 0 aliphatic rings. The van der Waals surface area contributed by atoms with Gasteiger partial charge in [0.05, 0.1) is 4.90 Å². The first-order chi connectivity index (χ1) is 9.84. The molecule has 1 N–H and O–H groups in total. The molecule has 0 radical (unpaired) electrons. The van der Waals surface area contributed by atoms with Gasteiger partial charge in [-0.1, -0.05) is 65.0 Å². The van der Waals surface area contributed by atoms with Crippen LogP contribution in [-0.2, 0) is 10.1 Å². The van der Waals surface area contributed by atoms with Crippen LogP contribution >= 0.6 is 0 Å². The highest BCUT2D eigenvalue weighted by Gasteiger charge is 2.11. The van der Waals surface area contributed by atoms with Crippen LogP contribution in [-0.4, -0.2) is 13.0 Å². The van der Waals surface area contributed by atoms with E-state index in [-0.39, 0.29) is 4.90 Å². The molecule has 0 amide bonds. The Hall–Kier alpha value is -0.870. The van der Waals surface area contributed by atoms with E-state index >= 15 is 0 Å². The van der Waals surface area contributed by atoms with Crippen LogP contribution in [0, 0.1) is 5.92 Å². The van der Waals surface area contributed by atoms with Gasteiger partial charge in [0.15, 0.2) is 0 Å². The summed E-state index contributed by atoms with van der Waals surface area (Å²) in [4.78, 5) is -0.0353. The van der Waals surface area contributed by atoms with E-state index in [0.29, 0.717) is 5.92 Å². The normalized spacial score (nSPS) is 14.9. The van der Waals surface area contributed by atoms with Crippen molar-refractivity contribution in [3.63, 3.8) is 0 Å². The maximum atomic E-state index is 11.0. The van der Waals surface area contributed by atoms with Crippen LogP contribution in [0.2, 0.25) is 0 Å². The van der Waals surface area contributed by atoms with Crippen molar-refractivity contribution in [2.24, 2.45) is 5.92 Å². The lowest BCUT2D eigenvalue weighted by Crippen LogP contribution is -2.00. The second kappa shape index (κ2) is 8.54. The Morgan fingerprint density at radius 2 is 1.57 bits per heavy atom. The predicted octanol–water partition coefficient (Wildman–Crippen LogP) is 5.03. The molecule has 0 fully saturated rings. The summed E-state index contributed by atoms with van der Waals surface area (Å²) in [6.45, 7) is 6.72. The zero-order valence-electron chi connectivity index (χ0n) is 13.4. The minimum absolute atomic E-state index is 0.0353. The van der Waals surface area contributed by atoms with Gasteiger partial charge in [-0.15, -0.1) is 0 Å². The van der Waals surface area contributed by atoms with Gasteiger partial charge < -0.3 is 0 Å². The van der Waals surface area contributed by atoms with Gasteiger partial charge >= 0.3 is 0 Å². The molecular formula is C17H28O3S. The van der Waals surface area contributed by atoms with Crippen molar-refractivity contribution >= 4 is 10.1 Å². The number of unbranched alkanes of at least 4 members (excludes halogenated alkanes) is 1. The van der Waals surface area contributed by atoms with E-state index in [1.807, 2.05) is 0 Å². The summed E-state index contributed by atoms with van der Waals surface area (Å²) >= 11 is 0. The van der Waals surface area contributed by atoms with E-state index in [9.17, 15) is 8.42 Å². The maximum absolute atomic E-state index is 11.0. The molecule has 0 spiro atoms. The van der Waals surface area contributed by atoms with Crippen molar-refractivity contribution in [3.8, 4) is 0 Å². The quantitative estimate of drug-likeness (QED) is 0.514. The molecule has 0 saturated heterocycles. The molecule has 120 valence electrons. The zero-order valence-corrected chi connectivity index (χ0v) is 14.2. The van der Waals surface area contributed by atoms with Crippen LogP contribution in [0.1, 0.15) is 70.8 Å². The van der Waals surface area contributed by atoms with Crippen molar-refractivity contribution < 1.29 is 13.0 Å². The Morgan fingerprint density at radius 3 is 2.10 bits per heavy atom. The lowest BCUT2D eigenvalue weighted by atomic mass is 9.93. The first-order valence-electron chi connectivity index (χ1n) is 7.92. The van der Waals surface area contributed by atoms with Crippen LogP contribution in [0.4, 0.5) is 0 Å². The summed E-state index contributed by atoms with van der Waals surface area (Å²) in [5.41, 5.74) is 1.13. The largest absolute Gasteiger partial charge is 0.294 e. The molecule has 3 nitrogen and oxygen atoms in total. The Labute approximate surface area is 129 Å². The van der Waals surface area contributed by atoms with E-state index in [4.69, 9.17) is 4.55 Å². The highest BCUT2D eigenvalue weighted by Crippen LogP contribution is 2.24. The maximum Gasteiger partial charge on any atom is 0.294 e. The highest BCUT2D eigenvalue weighted by atomic mass is 32.2. The number of hydrogen-bond donors (Lipinski definition) is 1. The summed E-state index contributed by atoms with van der Waals surface area (Å²) in [5, 5.41) is 0. The second-order valence-corrected chi connectivity index (χ2v) is 7.54. The van der Waals surface area contributed by atoms with Crippen molar-refractivity contribution in [3.05, 3.63) is 29.8 Å². The smallest absolute Gasteiger partial charge is 0.282 e. The van der Waals surface area contributed by atoms with Crippen LogP contribution in [0.15, 0.2) is 29.2 Å². The second-order valence-electron chi connectivity index (χ2n) is 6.12. The molecule has 1 aromatic rings. The van der Waals surface area contributed by atoms with Gasteiger partial charge in [0, 0.05) is 0 Å². The summed E-state index contributed by atoms with van der Waals surface area (Å²) in [7, 11) is -4.08. The minimum Gasteiger partial charge on any atom is -0.282 e. The molecule has 0 bridgehead atoms. The molecule has 0 aromatic heterocycles. The summed E-state index contributed by atoms with van der Waals surface area (Å²) in [5.74, 6) is 1.24. The SMILES string of the molecule is CCCC(C)CCCCC(C)c1ccc(S(=O)(=O)O)cc1. The zero-order chi connectivity index (χ0) is 15.9. The summed E-state index contributed by atoms with van der Waals surface area (Å²) in [6, 6.07) is 6.55. The Morgan fingerprint density at radius 1 is 1.00 bits per heavy atom. The summed E-state index contributed by atoms with van der Waals surface area (Å²) < 4.78 is 31.0. The third kappa shape index (κ3) is 6.62. The number of benzene rings is 1. The number of hydrogen-bond acceptors (Lipinski definition) is 2. The fourth-order valence-corrected chi connectivity index (χ4v) is 3.20. The van der Waals surface area contributed by atoms with Gasteiger partial charge in [-0.3, -0.25) is 4.55 Å². The molecule has 21 heavy (non-hydrogen) atoms. The minimum atomic E-state index is -4.08. The molecule has 1 rings (SSSR count). The Bertz CT molecular complexity index is 505. The van der Waals surface area contributed by atoms with Crippen LogP contribution in [0.5, 0.6) is 0 Å². The lowest BCUT2D eigenvalue weighted by Gasteiger charge is -2.13. The van der Waals surface area contributed by atoms with E-state index in [1.165, 1.54) is 44.2 Å². The third-order valence-electron chi connectivity index (χ3n) is 4.11. The standard InChI is InChI=1S/C17H28O3S/c1-4-7-14(2)8-5-6-9-15(3)16-10-12-17(13-11-16)21(18,19)20/h10-15H,4-9H2,1-3H3,(H,18,19,20). The van der Waals surface area contributed by atoms with Gasteiger partial charge in [-0.05, 0) is 36.0 Å². The fraction of sp³-hybridized carbons (Fsp3) is 0.647. The highest BCUT2D eigenvalue weighted by molar-refractivity contribution is 7.85. The van der Waals surface area contributed by atoms with Gasteiger partial charge in [0.2, 0.25) is 0 Å². The average molecular weight is 312 g/mol. The molecule has 1 aromatic carbocycles. The van der Waals surface area contributed by atoms with Crippen LogP contribution in [0.3, 0.4) is 0 Å². The van der Waals surface area contributed by atoms with E-state index in [2.05, 4.69) is 20.8 Å². The van der Waals surface area contributed by atoms with E-state index in [0.717, 1.165) is 17.9 Å². The van der Waals surface area contributed by atoms with Gasteiger partial charge in [0.1, 0.15) is 0 Å². The first kappa shape index (κ1) is 18.2. The molecule has 0 aliphatic carbocycles. The van der Waals surface area contributed by atoms with Crippen molar-refractivity contribution in [1.82, 2.24) is 0 Å². The lowest BCUT2D eigenvalue weighted by molar-refractivity contribution is 0.449. The number of rotatable bonds is 9. The van der Waals surface area contributed by atoms with E-state index < -0.39 is 10.1 Å². The topological polar surface area (TPSA) is 54.4 Å². The molecule has 0 heterocycles. The molecular weight excluding hydrogens is 284 g/mol. The first-order valence-corrected chi connectivity index (χ1v) is 9.36. The Kier molecular flexibility index (Phi) is 7.40. The van der Waals surface area contributed by atoms with Crippen LogP contribution < -0.4 is 0 Å². The van der Waals surface area contributed by atoms with Crippen LogP contribution in [0.25, 0.3) is 0 Å². The van der Waals surface area contributed by atoms with Gasteiger partial charge in [-0.25, -0.2) is 0 Å². The van der Waals surface area contributed by atoms with Gasteiger partial charge in [-0.2, -0.15) is 8.42 Å². The average Bonchev–Trinajstić information content (AvgIpc) is 2.43. The molecule has 4 heteroatoms. The predicted molar refractivity (Wildman–Crippen MR) is 87.2 cm³/mol. The molecule has 2 unspecified atom stereocenters. The molecule has 2 atom stereocenters. The third-order valence-corrected chi connectivity index (χ3v) is 4.98. The van der Waals surface area contributed by atoms with Crippen molar-refractivity contribution in [1.29, 1.82) is 0 Å². The van der Waals surface area contributed by atoms with Crippen molar-refractivity contribution in [2.75, 3.05) is 0 Å². The molecule has 0 aliphatic heterocycles. The van der Waals surface area contributed by atoms with Crippen molar-refractivity contribution in [2.45, 2.75) is 70.1 Å². The monoisotopic (exact) mass is 312 g/mol. The van der Waals surface area contributed by atoms with Gasteiger partial charge in [0.25, 0.3) is 10.1 Å². The summed E-state index contributed by atoms with van der Waals surface area (Å²) in [6.07, 6.45) is 7.44. The fourth-order valence-electron chi connectivity index (χ4n) is 2.72. The van der Waals surface area contributed by atoms with E-state index in [1.54, 1.807) is 12.1 Å².